The highest BCUT2D eigenvalue weighted by atomic mass is 35.5. The molecule has 0 radical (unpaired) electrons. The second-order valence-corrected chi connectivity index (χ2v) is 11.1. The molecule has 34 heavy (non-hydrogen) atoms. The van der Waals surface area contributed by atoms with Crippen LogP contribution in [-0.4, -0.2) is 25.4 Å². The molecular formula is C24H20ClN3O4S2. The van der Waals surface area contributed by atoms with Crippen molar-refractivity contribution in [1.82, 2.24) is 4.57 Å². The average molecular weight is 514 g/mol. The van der Waals surface area contributed by atoms with Crippen molar-refractivity contribution in [2.24, 2.45) is 0 Å². The van der Waals surface area contributed by atoms with E-state index in [-0.39, 0.29) is 15.7 Å². The first-order valence-electron chi connectivity index (χ1n) is 10.6. The van der Waals surface area contributed by atoms with Crippen LogP contribution in [0.5, 0.6) is 0 Å². The van der Waals surface area contributed by atoms with Crippen LogP contribution >= 0.6 is 22.9 Å². The summed E-state index contributed by atoms with van der Waals surface area (Å²) in [5, 5.41) is 0.618. The van der Waals surface area contributed by atoms with Gasteiger partial charge in [0.25, 0.3) is 10.0 Å². The summed E-state index contributed by atoms with van der Waals surface area (Å²) in [4.78, 5) is 26.1. The number of sulfonamides is 1. The Balaban J connectivity index is 1.38. The molecule has 2 heterocycles. The van der Waals surface area contributed by atoms with Crippen molar-refractivity contribution in [3.63, 3.8) is 0 Å². The van der Waals surface area contributed by atoms with Crippen molar-refractivity contribution < 1.29 is 13.2 Å². The van der Waals surface area contributed by atoms with E-state index in [0.29, 0.717) is 40.4 Å². The third-order valence-electron chi connectivity index (χ3n) is 5.71. The molecule has 4 aromatic rings. The van der Waals surface area contributed by atoms with E-state index in [1.807, 2.05) is 12.1 Å². The molecule has 1 aromatic heterocycles. The van der Waals surface area contributed by atoms with Gasteiger partial charge in [-0.25, -0.2) is 8.42 Å². The molecule has 1 saturated heterocycles. The van der Waals surface area contributed by atoms with E-state index in [2.05, 4.69) is 4.72 Å². The number of aromatic nitrogens is 1. The SMILES string of the molecule is O=C1CCCN1c1ccc(NS(=O)(=O)c2ccc3c(c2)sc(=O)n3Cc2ccc(Cl)cc2)cc1. The molecule has 1 N–H and O–H groups in total. The summed E-state index contributed by atoms with van der Waals surface area (Å²) in [7, 11) is -3.86. The van der Waals surface area contributed by atoms with Crippen LogP contribution in [0, 0.1) is 0 Å². The maximum atomic E-state index is 13.0. The summed E-state index contributed by atoms with van der Waals surface area (Å²) in [6, 6.07) is 18.6. The van der Waals surface area contributed by atoms with Gasteiger partial charge in [-0.3, -0.25) is 18.9 Å². The average Bonchev–Trinajstić information content (AvgIpc) is 3.38. The lowest BCUT2D eigenvalue weighted by Crippen LogP contribution is -2.23. The van der Waals surface area contributed by atoms with Crippen LogP contribution in [0.25, 0.3) is 10.2 Å². The highest BCUT2D eigenvalue weighted by Crippen LogP contribution is 2.26. The maximum absolute atomic E-state index is 13.0. The van der Waals surface area contributed by atoms with Crippen LogP contribution < -0.4 is 14.5 Å². The number of hydrogen-bond donors (Lipinski definition) is 1. The normalized spacial score (nSPS) is 14.1. The lowest BCUT2D eigenvalue weighted by atomic mass is 10.2. The predicted octanol–water partition coefficient (Wildman–Crippen LogP) is 4.69. The lowest BCUT2D eigenvalue weighted by molar-refractivity contribution is -0.117. The Morgan fingerprint density at radius 2 is 1.71 bits per heavy atom. The van der Waals surface area contributed by atoms with Gasteiger partial charge in [-0.2, -0.15) is 0 Å². The molecule has 0 spiro atoms. The van der Waals surface area contributed by atoms with Crippen molar-refractivity contribution >= 4 is 60.5 Å². The Hall–Kier alpha value is -3.14. The van der Waals surface area contributed by atoms with Crippen molar-refractivity contribution in [3.8, 4) is 0 Å². The van der Waals surface area contributed by atoms with Crippen molar-refractivity contribution in [2.45, 2.75) is 24.3 Å². The van der Waals surface area contributed by atoms with Crippen LogP contribution in [0.4, 0.5) is 11.4 Å². The van der Waals surface area contributed by atoms with Gasteiger partial charge in [0.05, 0.1) is 21.7 Å². The highest BCUT2D eigenvalue weighted by molar-refractivity contribution is 7.92. The molecule has 1 amide bonds. The summed E-state index contributed by atoms with van der Waals surface area (Å²) < 4.78 is 30.7. The van der Waals surface area contributed by atoms with Gasteiger partial charge in [0, 0.05) is 29.4 Å². The summed E-state index contributed by atoms with van der Waals surface area (Å²) in [5.41, 5.74) is 2.73. The third kappa shape index (κ3) is 4.46. The second kappa shape index (κ2) is 8.90. The van der Waals surface area contributed by atoms with Gasteiger partial charge in [0.1, 0.15) is 0 Å². The molecule has 7 nitrogen and oxygen atoms in total. The Labute approximate surface area is 205 Å². The number of benzene rings is 3. The molecule has 1 fully saturated rings. The number of carbonyl (C=O) groups is 1. The Kier molecular flexibility index (Phi) is 5.93. The van der Waals surface area contributed by atoms with E-state index >= 15 is 0 Å². The van der Waals surface area contributed by atoms with E-state index in [1.54, 1.807) is 51.9 Å². The topological polar surface area (TPSA) is 88.5 Å². The lowest BCUT2D eigenvalue weighted by Gasteiger charge is -2.16. The van der Waals surface area contributed by atoms with E-state index in [0.717, 1.165) is 29.0 Å². The zero-order valence-corrected chi connectivity index (χ0v) is 20.3. The standard InChI is InChI=1S/C24H20ClN3O4S2/c25-17-5-3-16(4-6-17)15-28-21-12-11-20(14-22(21)33-24(28)30)34(31,32)26-18-7-9-19(10-8-18)27-13-1-2-23(27)29/h3-12,14,26H,1-2,13,15H2. The first-order chi connectivity index (χ1) is 16.3. The van der Waals surface area contributed by atoms with Gasteiger partial charge in [-0.05, 0) is 66.6 Å². The van der Waals surface area contributed by atoms with Gasteiger partial charge in [0.15, 0.2) is 0 Å². The zero-order valence-electron chi connectivity index (χ0n) is 17.9. The monoisotopic (exact) mass is 513 g/mol. The summed E-state index contributed by atoms with van der Waals surface area (Å²) in [6.45, 7) is 1.04. The molecular weight excluding hydrogens is 494 g/mol. The fraction of sp³-hybridized carbons (Fsp3) is 0.167. The number of rotatable bonds is 6. The number of nitrogens with one attached hydrogen (secondary N) is 1. The van der Waals surface area contributed by atoms with Gasteiger partial charge in [0.2, 0.25) is 5.91 Å². The van der Waals surface area contributed by atoms with E-state index < -0.39 is 10.0 Å². The van der Waals surface area contributed by atoms with Crippen LogP contribution in [0.1, 0.15) is 18.4 Å². The quantitative estimate of drug-likeness (QED) is 0.405. The molecule has 10 heteroatoms. The molecule has 1 aliphatic heterocycles. The van der Waals surface area contributed by atoms with Gasteiger partial charge in [-0.1, -0.05) is 35.1 Å². The molecule has 0 unspecified atom stereocenters. The molecule has 0 atom stereocenters. The van der Waals surface area contributed by atoms with Crippen LogP contribution in [-0.2, 0) is 21.4 Å². The number of fused-ring (bicyclic) bond motifs is 1. The molecule has 174 valence electrons. The Bertz CT molecular complexity index is 1540. The van der Waals surface area contributed by atoms with Crippen molar-refractivity contribution in [3.05, 3.63) is 87.0 Å². The van der Waals surface area contributed by atoms with Gasteiger partial charge >= 0.3 is 4.87 Å². The number of amides is 1. The van der Waals surface area contributed by atoms with Crippen LogP contribution in [0.3, 0.4) is 0 Å². The number of halogens is 1. The summed E-state index contributed by atoms with van der Waals surface area (Å²) in [6.07, 6.45) is 1.35. The van der Waals surface area contributed by atoms with Crippen LogP contribution in [0.15, 0.2) is 76.4 Å². The number of hydrogen-bond acceptors (Lipinski definition) is 5. The minimum atomic E-state index is -3.86. The molecule has 0 aliphatic carbocycles. The molecule has 0 bridgehead atoms. The summed E-state index contributed by atoms with van der Waals surface area (Å²) >= 11 is 6.94. The fourth-order valence-corrected chi connectivity index (χ4v) is 6.20. The number of carbonyl (C=O) groups excluding carboxylic acids is 1. The first-order valence-corrected chi connectivity index (χ1v) is 13.3. The fourth-order valence-electron chi connectivity index (χ4n) is 3.98. The largest absolute Gasteiger partial charge is 0.312 e. The summed E-state index contributed by atoms with van der Waals surface area (Å²) in [5.74, 6) is 0.0728. The zero-order chi connectivity index (χ0) is 23.9. The van der Waals surface area contributed by atoms with E-state index in [9.17, 15) is 18.0 Å². The maximum Gasteiger partial charge on any atom is 0.308 e. The van der Waals surface area contributed by atoms with Crippen molar-refractivity contribution in [2.75, 3.05) is 16.2 Å². The minimum absolute atomic E-state index is 0.0682. The highest BCUT2D eigenvalue weighted by Gasteiger charge is 2.22. The molecule has 5 rings (SSSR count). The smallest absolute Gasteiger partial charge is 0.308 e. The second-order valence-electron chi connectivity index (χ2n) is 8.01. The van der Waals surface area contributed by atoms with E-state index in [1.165, 1.54) is 12.1 Å². The molecule has 0 saturated carbocycles. The Morgan fingerprint density at radius 3 is 2.38 bits per heavy atom. The third-order valence-corrected chi connectivity index (χ3v) is 8.28. The minimum Gasteiger partial charge on any atom is -0.312 e. The van der Waals surface area contributed by atoms with E-state index in [4.69, 9.17) is 11.6 Å². The number of thiazole rings is 1. The number of nitrogens with zero attached hydrogens (tertiary/aromatic N) is 2. The Morgan fingerprint density at radius 1 is 0.971 bits per heavy atom. The first kappa shape index (κ1) is 22.6. The van der Waals surface area contributed by atoms with Gasteiger partial charge in [-0.15, -0.1) is 0 Å². The van der Waals surface area contributed by atoms with Crippen molar-refractivity contribution in [1.29, 1.82) is 0 Å². The van der Waals surface area contributed by atoms with Crippen LogP contribution in [0.2, 0.25) is 5.02 Å². The van der Waals surface area contributed by atoms with Gasteiger partial charge < -0.3 is 4.90 Å². The number of anilines is 2. The predicted molar refractivity (Wildman–Crippen MR) is 135 cm³/mol. The molecule has 3 aromatic carbocycles. The molecule has 1 aliphatic rings.